The molecular formula is C20H29N3O2. The van der Waals surface area contributed by atoms with E-state index in [-0.39, 0.29) is 0 Å². The van der Waals surface area contributed by atoms with Crippen LogP contribution in [0.1, 0.15) is 44.1 Å². The molecule has 1 unspecified atom stereocenters. The van der Waals surface area contributed by atoms with Gasteiger partial charge in [-0.15, -0.1) is 0 Å². The van der Waals surface area contributed by atoms with Gasteiger partial charge in [-0.05, 0) is 44.4 Å². The molecule has 1 aromatic heterocycles. The number of aromatic nitrogens is 2. The molecule has 25 heavy (non-hydrogen) atoms. The average molecular weight is 343 g/mol. The maximum Gasteiger partial charge on any atom is 0.123 e. The van der Waals surface area contributed by atoms with Crippen LogP contribution < -0.4 is 4.74 Å². The first kappa shape index (κ1) is 18.0. The van der Waals surface area contributed by atoms with E-state index in [1.807, 2.05) is 18.3 Å². The van der Waals surface area contributed by atoms with Crippen molar-refractivity contribution in [1.82, 2.24) is 14.5 Å². The summed E-state index contributed by atoms with van der Waals surface area (Å²) >= 11 is 0. The van der Waals surface area contributed by atoms with Gasteiger partial charge in [-0.3, -0.25) is 4.90 Å². The minimum atomic E-state index is 0.334. The Kier molecular flexibility index (Phi) is 6.10. The van der Waals surface area contributed by atoms with Crippen molar-refractivity contribution in [2.45, 2.75) is 51.9 Å². The Labute approximate surface area is 150 Å². The van der Waals surface area contributed by atoms with Crippen LogP contribution in [0.4, 0.5) is 0 Å². The second kappa shape index (κ2) is 8.50. The molecule has 1 aliphatic rings. The van der Waals surface area contributed by atoms with E-state index in [1.54, 1.807) is 7.11 Å². The number of benzene rings is 1. The Morgan fingerprint density at radius 2 is 2.08 bits per heavy atom. The number of nitrogens with zero attached hydrogens (tertiary/aromatic N) is 3. The molecular weight excluding hydrogens is 314 g/mol. The van der Waals surface area contributed by atoms with E-state index in [0.717, 1.165) is 44.2 Å². The molecule has 5 heteroatoms. The van der Waals surface area contributed by atoms with Gasteiger partial charge in [0, 0.05) is 38.1 Å². The summed E-state index contributed by atoms with van der Waals surface area (Å²) in [6.45, 7) is 7.93. The van der Waals surface area contributed by atoms with Gasteiger partial charge in [-0.25, -0.2) is 4.98 Å². The summed E-state index contributed by atoms with van der Waals surface area (Å²) in [6, 6.07) is 8.73. The van der Waals surface area contributed by atoms with Gasteiger partial charge in [-0.1, -0.05) is 12.1 Å². The fraction of sp³-hybridized carbons (Fsp3) is 0.550. The van der Waals surface area contributed by atoms with Crippen molar-refractivity contribution >= 4 is 0 Å². The predicted molar refractivity (Wildman–Crippen MR) is 98.7 cm³/mol. The van der Waals surface area contributed by atoms with E-state index >= 15 is 0 Å². The van der Waals surface area contributed by atoms with Gasteiger partial charge in [-0.2, -0.15) is 0 Å². The van der Waals surface area contributed by atoms with Gasteiger partial charge in [0.1, 0.15) is 11.6 Å². The van der Waals surface area contributed by atoms with Gasteiger partial charge >= 0.3 is 0 Å². The van der Waals surface area contributed by atoms with E-state index in [0.29, 0.717) is 12.1 Å². The summed E-state index contributed by atoms with van der Waals surface area (Å²) in [5, 5.41) is 0. The molecule has 0 N–H and O–H groups in total. The molecule has 2 heterocycles. The Hall–Kier alpha value is -1.85. The summed E-state index contributed by atoms with van der Waals surface area (Å²) < 4.78 is 13.4. The van der Waals surface area contributed by atoms with E-state index in [9.17, 15) is 0 Å². The smallest absolute Gasteiger partial charge is 0.123 e. The highest BCUT2D eigenvalue weighted by Gasteiger charge is 2.21. The molecule has 136 valence electrons. The first-order valence-electron chi connectivity index (χ1n) is 9.14. The van der Waals surface area contributed by atoms with Gasteiger partial charge in [0.2, 0.25) is 0 Å². The van der Waals surface area contributed by atoms with Gasteiger partial charge in [0.05, 0.1) is 19.8 Å². The third-order valence-electron chi connectivity index (χ3n) is 4.72. The summed E-state index contributed by atoms with van der Waals surface area (Å²) in [7, 11) is 1.70. The van der Waals surface area contributed by atoms with Crippen LogP contribution >= 0.6 is 0 Å². The Morgan fingerprint density at radius 1 is 1.28 bits per heavy atom. The van der Waals surface area contributed by atoms with Gasteiger partial charge in [0.15, 0.2) is 0 Å². The average Bonchev–Trinajstić information content (AvgIpc) is 3.27. The van der Waals surface area contributed by atoms with E-state index in [1.165, 1.54) is 12.0 Å². The molecule has 3 rings (SSSR count). The van der Waals surface area contributed by atoms with Gasteiger partial charge < -0.3 is 14.0 Å². The number of hydrogen-bond donors (Lipinski definition) is 0. The summed E-state index contributed by atoms with van der Waals surface area (Å²) in [4.78, 5) is 7.02. The standard InChI is InChI=1S/C20H29N3O2/c1-16(2)23-11-10-21-20(23)15-22(14-19-5-4-12-25-19)13-17-6-8-18(24-3)9-7-17/h6-11,16,19H,4-5,12-15H2,1-3H3. The molecule has 1 fully saturated rings. The summed E-state index contributed by atoms with van der Waals surface area (Å²) in [6.07, 6.45) is 6.62. The SMILES string of the molecule is COc1ccc(CN(Cc2nccn2C(C)C)CC2CCCO2)cc1. The minimum Gasteiger partial charge on any atom is -0.497 e. The van der Waals surface area contributed by atoms with Crippen LogP contribution in [0.25, 0.3) is 0 Å². The zero-order chi connectivity index (χ0) is 17.6. The molecule has 0 aliphatic carbocycles. The maximum absolute atomic E-state index is 5.87. The van der Waals surface area contributed by atoms with E-state index in [4.69, 9.17) is 9.47 Å². The monoisotopic (exact) mass is 343 g/mol. The van der Waals surface area contributed by atoms with Crippen LogP contribution in [0.5, 0.6) is 5.75 Å². The van der Waals surface area contributed by atoms with Crippen molar-refractivity contribution in [2.75, 3.05) is 20.3 Å². The van der Waals surface area contributed by atoms with Crippen molar-refractivity contribution in [2.24, 2.45) is 0 Å². The van der Waals surface area contributed by atoms with E-state index in [2.05, 4.69) is 46.6 Å². The summed E-state index contributed by atoms with van der Waals surface area (Å²) in [5.74, 6) is 2.01. The van der Waals surface area contributed by atoms with Crippen molar-refractivity contribution in [1.29, 1.82) is 0 Å². The lowest BCUT2D eigenvalue weighted by Gasteiger charge is -2.26. The predicted octanol–water partition coefficient (Wildman–Crippen LogP) is 3.65. The normalized spacial score (nSPS) is 17.6. The highest BCUT2D eigenvalue weighted by Crippen LogP contribution is 2.19. The van der Waals surface area contributed by atoms with Crippen LogP contribution in [-0.4, -0.2) is 40.8 Å². The molecule has 2 aromatic rings. The van der Waals surface area contributed by atoms with Crippen molar-refractivity contribution in [3.8, 4) is 5.75 Å². The Morgan fingerprint density at radius 3 is 2.72 bits per heavy atom. The van der Waals surface area contributed by atoms with Crippen LogP contribution in [0.15, 0.2) is 36.7 Å². The fourth-order valence-electron chi connectivity index (χ4n) is 3.39. The number of ether oxygens (including phenoxy) is 2. The maximum atomic E-state index is 5.87. The highest BCUT2D eigenvalue weighted by molar-refractivity contribution is 5.27. The second-order valence-electron chi connectivity index (χ2n) is 7.00. The zero-order valence-corrected chi connectivity index (χ0v) is 15.5. The molecule has 0 radical (unpaired) electrons. The first-order chi connectivity index (χ1) is 12.2. The lowest BCUT2D eigenvalue weighted by molar-refractivity contribution is 0.0665. The summed E-state index contributed by atoms with van der Waals surface area (Å²) in [5.41, 5.74) is 1.28. The van der Waals surface area contributed by atoms with Crippen LogP contribution in [-0.2, 0) is 17.8 Å². The van der Waals surface area contributed by atoms with Crippen molar-refractivity contribution in [3.05, 3.63) is 48.0 Å². The second-order valence-corrected chi connectivity index (χ2v) is 7.00. The third-order valence-corrected chi connectivity index (χ3v) is 4.72. The third kappa shape index (κ3) is 4.83. The van der Waals surface area contributed by atoms with Crippen molar-refractivity contribution in [3.63, 3.8) is 0 Å². The molecule has 0 saturated carbocycles. The molecule has 5 nitrogen and oxygen atoms in total. The molecule has 1 aromatic carbocycles. The number of imidazole rings is 1. The first-order valence-corrected chi connectivity index (χ1v) is 9.14. The lowest BCUT2D eigenvalue weighted by Crippen LogP contribution is -2.32. The van der Waals surface area contributed by atoms with Crippen LogP contribution in [0, 0.1) is 0 Å². The zero-order valence-electron chi connectivity index (χ0n) is 15.5. The van der Waals surface area contributed by atoms with Gasteiger partial charge in [0.25, 0.3) is 0 Å². The molecule has 0 spiro atoms. The Balaban J connectivity index is 1.72. The van der Waals surface area contributed by atoms with Crippen LogP contribution in [0.2, 0.25) is 0 Å². The number of hydrogen-bond acceptors (Lipinski definition) is 4. The van der Waals surface area contributed by atoms with Crippen molar-refractivity contribution < 1.29 is 9.47 Å². The van der Waals surface area contributed by atoms with E-state index < -0.39 is 0 Å². The fourth-order valence-corrected chi connectivity index (χ4v) is 3.39. The lowest BCUT2D eigenvalue weighted by atomic mass is 10.1. The molecule has 0 bridgehead atoms. The number of rotatable bonds is 8. The van der Waals surface area contributed by atoms with Crippen LogP contribution in [0.3, 0.4) is 0 Å². The molecule has 1 aliphatic heterocycles. The largest absolute Gasteiger partial charge is 0.497 e. The molecule has 0 amide bonds. The quantitative estimate of drug-likeness (QED) is 0.733. The minimum absolute atomic E-state index is 0.334. The molecule has 1 atom stereocenters. The Bertz CT molecular complexity index is 645. The number of methoxy groups -OCH3 is 1. The molecule has 1 saturated heterocycles. The topological polar surface area (TPSA) is 39.5 Å². The highest BCUT2D eigenvalue weighted by atomic mass is 16.5.